The van der Waals surface area contributed by atoms with Crippen LogP contribution < -0.4 is 10.5 Å². The number of anilines is 1. The third-order valence-electron chi connectivity index (χ3n) is 6.43. The number of thiocarbonyl (C=S) groups is 1. The van der Waals surface area contributed by atoms with Crippen molar-refractivity contribution in [1.29, 1.82) is 0 Å². The molecule has 1 aliphatic carbocycles. The van der Waals surface area contributed by atoms with Gasteiger partial charge >= 0.3 is 0 Å². The lowest BCUT2D eigenvalue weighted by Gasteiger charge is -2.29. The molecule has 0 aromatic carbocycles. The van der Waals surface area contributed by atoms with E-state index in [-0.39, 0.29) is 17.5 Å². The summed E-state index contributed by atoms with van der Waals surface area (Å²) in [6, 6.07) is 4.04. The molecule has 1 saturated carbocycles. The van der Waals surface area contributed by atoms with Crippen molar-refractivity contribution in [3.63, 3.8) is 0 Å². The highest BCUT2D eigenvalue weighted by atomic mass is 32.2. The SMILES string of the molecule is Cc1ccc2nc(N3CCCCC3)c(C=C3SC(=S)N(C4CCCC4)C3=O)c(=O)n2c1. The summed E-state index contributed by atoms with van der Waals surface area (Å²) in [5.74, 6) is 0.611. The summed E-state index contributed by atoms with van der Waals surface area (Å²) in [6.45, 7) is 3.70. The van der Waals surface area contributed by atoms with Crippen LogP contribution in [0.5, 0.6) is 0 Å². The van der Waals surface area contributed by atoms with E-state index >= 15 is 0 Å². The zero-order valence-corrected chi connectivity index (χ0v) is 19.3. The number of piperidine rings is 1. The summed E-state index contributed by atoms with van der Waals surface area (Å²) in [5, 5.41) is 0. The normalized spacial score (nSPS) is 21.8. The van der Waals surface area contributed by atoms with Crippen LogP contribution in [0, 0.1) is 6.92 Å². The van der Waals surface area contributed by atoms with E-state index < -0.39 is 0 Å². The van der Waals surface area contributed by atoms with Crippen LogP contribution in [0.4, 0.5) is 5.82 Å². The van der Waals surface area contributed by atoms with Crippen LogP contribution in [0.2, 0.25) is 0 Å². The topological polar surface area (TPSA) is 57.9 Å². The molecule has 0 N–H and O–H groups in total. The van der Waals surface area contributed by atoms with Gasteiger partial charge in [0.25, 0.3) is 11.5 Å². The molecule has 6 nitrogen and oxygen atoms in total. The second-order valence-electron chi connectivity index (χ2n) is 8.63. The third-order valence-corrected chi connectivity index (χ3v) is 7.76. The van der Waals surface area contributed by atoms with Crippen molar-refractivity contribution in [2.45, 2.75) is 57.9 Å². The summed E-state index contributed by atoms with van der Waals surface area (Å²) in [5.41, 5.74) is 1.96. The predicted molar refractivity (Wildman–Crippen MR) is 130 cm³/mol. The maximum atomic E-state index is 13.5. The molecule has 0 unspecified atom stereocenters. The highest BCUT2D eigenvalue weighted by molar-refractivity contribution is 8.26. The van der Waals surface area contributed by atoms with E-state index in [1.807, 2.05) is 25.3 Å². The number of carbonyl (C=O) groups is 1. The van der Waals surface area contributed by atoms with Crippen LogP contribution in [0.1, 0.15) is 56.1 Å². The smallest absolute Gasteiger partial charge is 0.267 e. The van der Waals surface area contributed by atoms with Gasteiger partial charge in [-0.15, -0.1) is 0 Å². The van der Waals surface area contributed by atoms with Crippen molar-refractivity contribution in [3.05, 3.63) is 44.7 Å². The Morgan fingerprint density at radius 1 is 1.10 bits per heavy atom. The standard InChI is InChI=1S/C23H26N4O2S2/c1-15-9-10-19-24-20(25-11-5-2-6-12-25)17(21(28)26(19)14-15)13-18-22(29)27(23(30)31-18)16-7-3-4-8-16/h9-10,13-14,16H,2-8,11-12H2,1H3. The molecule has 4 heterocycles. The first kappa shape index (κ1) is 20.7. The number of fused-ring (bicyclic) bond motifs is 1. The summed E-state index contributed by atoms with van der Waals surface area (Å²) in [7, 11) is 0. The van der Waals surface area contributed by atoms with Gasteiger partial charge in [-0.3, -0.25) is 18.9 Å². The molecule has 31 heavy (non-hydrogen) atoms. The molecule has 2 aromatic heterocycles. The van der Waals surface area contributed by atoms with E-state index in [0.29, 0.717) is 26.3 Å². The Kier molecular flexibility index (Phi) is 5.60. The number of aromatic nitrogens is 2. The molecule has 5 rings (SSSR count). The van der Waals surface area contributed by atoms with Gasteiger partial charge in [-0.05, 0) is 56.7 Å². The molecule has 2 aliphatic heterocycles. The molecule has 0 bridgehead atoms. The zero-order chi connectivity index (χ0) is 21.5. The quantitative estimate of drug-likeness (QED) is 0.513. The maximum Gasteiger partial charge on any atom is 0.267 e. The first-order valence-corrected chi connectivity index (χ1v) is 12.3. The minimum Gasteiger partial charge on any atom is -0.356 e. The molecule has 3 aliphatic rings. The Morgan fingerprint density at radius 2 is 1.84 bits per heavy atom. The van der Waals surface area contributed by atoms with Gasteiger partial charge in [-0.1, -0.05) is 42.9 Å². The molecule has 3 fully saturated rings. The number of rotatable bonds is 3. The summed E-state index contributed by atoms with van der Waals surface area (Å²) in [4.78, 5) is 36.1. The Balaban J connectivity index is 1.62. The van der Waals surface area contributed by atoms with Crippen molar-refractivity contribution >= 4 is 51.7 Å². The van der Waals surface area contributed by atoms with Gasteiger partial charge in [0, 0.05) is 25.3 Å². The molecule has 2 aromatic rings. The number of thioether (sulfide) groups is 1. The van der Waals surface area contributed by atoms with Crippen LogP contribution in [-0.2, 0) is 4.79 Å². The van der Waals surface area contributed by atoms with E-state index in [0.717, 1.165) is 57.2 Å². The zero-order valence-electron chi connectivity index (χ0n) is 17.7. The van der Waals surface area contributed by atoms with Gasteiger partial charge < -0.3 is 4.90 Å². The van der Waals surface area contributed by atoms with Gasteiger partial charge in [0.2, 0.25) is 0 Å². The molecule has 8 heteroatoms. The van der Waals surface area contributed by atoms with Gasteiger partial charge in [0.1, 0.15) is 15.8 Å². The van der Waals surface area contributed by atoms with Crippen molar-refractivity contribution in [3.8, 4) is 0 Å². The van der Waals surface area contributed by atoms with Gasteiger partial charge in [-0.2, -0.15) is 0 Å². The molecule has 2 saturated heterocycles. The van der Waals surface area contributed by atoms with Crippen molar-refractivity contribution in [1.82, 2.24) is 14.3 Å². The number of nitrogens with zero attached hydrogens (tertiary/aromatic N) is 4. The number of pyridine rings is 1. The second kappa shape index (κ2) is 8.39. The second-order valence-corrected chi connectivity index (χ2v) is 10.3. The van der Waals surface area contributed by atoms with E-state index in [2.05, 4.69) is 4.90 Å². The first-order chi connectivity index (χ1) is 15.0. The lowest BCUT2D eigenvalue weighted by molar-refractivity contribution is -0.123. The van der Waals surface area contributed by atoms with E-state index in [4.69, 9.17) is 17.2 Å². The molecule has 162 valence electrons. The predicted octanol–water partition coefficient (Wildman–Crippen LogP) is 4.14. The Bertz CT molecular complexity index is 1140. The Hall–Kier alpha value is -2.19. The maximum absolute atomic E-state index is 13.5. The minimum atomic E-state index is -0.139. The van der Waals surface area contributed by atoms with Crippen LogP contribution in [-0.4, -0.2) is 43.6 Å². The number of hydrogen-bond acceptors (Lipinski definition) is 6. The van der Waals surface area contributed by atoms with Gasteiger partial charge in [0.05, 0.1) is 10.5 Å². The molecule has 0 spiro atoms. The van der Waals surface area contributed by atoms with E-state index in [1.54, 1.807) is 15.4 Å². The average Bonchev–Trinajstić information content (AvgIpc) is 3.39. The van der Waals surface area contributed by atoms with Crippen molar-refractivity contribution in [2.24, 2.45) is 0 Å². The van der Waals surface area contributed by atoms with Crippen LogP contribution in [0.3, 0.4) is 0 Å². The fraction of sp³-hybridized carbons (Fsp3) is 0.478. The Morgan fingerprint density at radius 3 is 2.58 bits per heavy atom. The van der Waals surface area contributed by atoms with Gasteiger partial charge in [-0.25, -0.2) is 4.98 Å². The summed E-state index contributed by atoms with van der Waals surface area (Å²) < 4.78 is 2.19. The molecule has 0 radical (unpaired) electrons. The molecular formula is C23H26N4O2S2. The number of aryl methyl sites for hydroxylation is 1. The summed E-state index contributed by atoms with van der Waals surface area (Å²) >= 11 is 6.86. The molecule has 1 amide bonds. The van der Waals surface area contributed by atoms with Crippen molar-refractivity contribution in [2.75, 3.05) is 18.0 Å². The van der Waals surface area contributed by atoms with Gasteiger partial charge in [0.15, 0.2) is 0 Å². The van der Waals surface area contributed by atoms with Crippen molar-refractivity contribution < 1.29 is 4.79 Å². The number of hydrogen-bond donors (Lipinski definition) is 0. The number of carbonyl (C=O) groups excluding carboxylic acids is 1. The third kappa shape index (κ3) is 3.80. The Labute approximate surface area is 191 Å². The first-order valence-electron chi connectivity index (χ1n) is 11.1. The highest BCUT2D eigenvalue weighted by Crippen LogP contribution is 2.38. The average molecular weight is 455 g/mol. The monoisotopic (exact) mass is 454 g/mol. The minimum absolute atomic E-state index is 0.0692. The molecule has 0 atom stereocenters. The summed E-state index contributed by atoms with van der Waals surface area (Å²) in [6.07, 6.45) is 11.2. The van der Waals surface area contributed by atoms with E-state index in [9.17, 15) is 9.59 Å². The number of amides is 1. The van der Waals surface area contributed by atoms with Crippen LogP contribution >= 0.6 is 24.0 Å². The lowest BCUT2D eigenvalue weighted by atomic mass is 10.1. The molecular weight excluding hydrogens is 428 g/mol. The van der Waals surface area contributed by atoms with E-state index in [1.165, 1.54) is 18.2 Å². The largest absolute Gasteiger partial charge is 0.356 e. The lowest BCUT2D eigenvalue weighted by Crippen LogP contribution is -2.36. The fourth-order valence-corrected chi connectivity index (χ4v) is 6.19. The van der Waals surface area contributed by atoms with Crippen LogP contribution in [0.25, 0.3) is 11.7 Å². The highest BCUT2D eigenvalue weighted by Gasteiger charge is 2.38. The fourth-order valence-electron chi connectivity index (χ4n) is 4.81. The van der Waals surface area contributed by atoms with Crippen LogP contribution in [0.15, 0.2) is 28.0 Å².